The van der Waals surface area contributed by atoms with E-state index in [9.17, 15) is 9.59 Å². The lowest BCUT2D eigenvalue weighted by Gasteiger charge is -2.52. The molecule has 27 heavy (non-hydrogen) atoms. The standard InChI is InChI=1S/C21H28ClN3O2/c22-18-6-4-15(5-7-18)8-9-23-20(26)14-24-11-16-10-17(13-24)19-2-1-3-21(27)25(19)12-16/h4-7,16-17,19H,1-3,8-14H2,(H,23,26)/t16-,17-,19-/m1/s1. The largest absolute Gasteiger partial charge is 0.355 e. The van der Waals surface area contributed by atoms with Gasteiger partial charge in [-0.1, -0.05) is 23.7 Å². The Labute approximate surface area is 166 Å². The quantitative estimate of drug-likeness (QED) is 0.840. The van der Waals surface area contributed by atoms with E-state index < -0.39 is 0 Å². The van der Waals surface area contributed by atoms with E-state index in [0.29, 0.717) is 36.9 Å². The molecule has 3 aliphatic rings. The van der Waals surface area contributed by atoms with Crippen molar-refractivity contribution in [3.63, 3.8) is 0 Å². The number of benzene rings is 1. The maximum Gasteiger partial charge on any atom is 0.234 e. The van der Waals surface area contributed by atoms with E-state index in [1.165, 1.54) is 12.0 Å². The van der Waals surface area contributed by atoms with Gasteiger partial charge in [0.1, 0.15) is 0 Å². The third kappa shape index (κ3) is 4.46. The van der Waals surface area contributed by atoms with E-state index in [0.717, 1.165) is 50.3 Å². The summed E-state index contributed by atoms with van der Waals surface area (Å²) in [4.78, 5) is 29.0. The summed E-state index contributed by atoms with van der Waals surface area (Å²) in [5.41, 5.74) is 1.18. The zero-order chi connectivity index (χ0) is 18.8. The average molecular weight is 390 g/mol. The highest BCUT2D eigenvalue weighted by Gasteiger charge is 2.43. The molecule has 1 aromatic rings. The first-order valence-corrected chi connectivity index (χ1v) is 10.5. The van der Waals surface area contributed by atoms with Gasteiger partial charge in [-0.25, -0.2) is 0 Å². The Morgan fingerprint density at radius 3 is 2.81 bits per heavy atom. The van der Waals surface area contributed by atoms with Crippen molar-refractivity contribution < 1.29 is 9.59 Å². The van der Waals surface area contributed by atoms with Crippen LogP contribution in [-0.2, 0) is 16.0 Å². The summed E-state index contributed by atoms with van der Waals surface area (Å²) in [6.07, 6.45) is 4.89. The molecule has 1 N–H and O–H groups in total. The lowest BCUT2D eigenvalue weighted by molar-refractivity contribution is -0.145. The number of halogens is 1. The topological polar surface area (TPSA) is 52.7 Å². The summed E-state index contributed by atoms with van der Waals surface area (Å²) < 4.78 is 0. The van der Waals surface area contributed by atoms with E-state index in [1.54, 1.807) is 0 Å². The highest BCUT2D eigenvalue weighted by molar-refractivity contribution is 6.30. The first kappa shape index (κ1) is 18.8. The molecule has 0 spiro atoms. The SMILES string of the molecule is O=C(CN1C[C@H]2C[C@H](C1)[C@H]1CCCC(=O)N1C2)NCCc1ccc(Cl)cc1. The van der Waals surface area contributed by atoms with Crippen molar-refractivity contribution >= 4 is 23.4 Å². The van der Waals surface area contributed by atoms with Crippen LogP contribution >= 0.6 is 11.6 Å². The molecule has 6 heteroatoms. The molecule has 0 aromatic heterocycles. The average Bonchev–Trinajstić information content (AvgIpc) is 2.64. The van der Waals surface area contributed by atoms with Crippen LogP contribution in [0.25, 0.3) is 0 Å². The summed E-state index contributed by atoms with van der Waals surface area (Å²) in [7, 11) is 0. The Hall–Kier alpha value is -1.59. The third-order valence-corrected chi connectivity index (χ3v) is 6.52. The van der Waals surface area contributed by atoms with Gasteiger partial charge in [-0.2, -0.15) is 0 Å². The van der Waals surface area contributed by atoms with Gasteiger partial charge in [0.15, 0.2) is 0 Å². The van der Waals surface area contributed by atoms with E-state index in [2.05, 4.69) is 15.1 Å². The number of rotatable bonds is 5. The van der Waals surface area contributed by atoms with E-state index in [1.807, 2.05) is 24.3 Å². The summed E-state index contributed by atoms with van der Waals surface area (Å²) in [5.74, 6) is 1.49. The van der Waals surface area contributed by atoms with Crippen LogP contribution in [0.1, 0.15) is 31.2 Å². The molecule has 5 nitrogen and oxygen atoms in total. The van der Waals surface area contributed by atoms with Crippen LogP contribution in [0.15, 0.2) is 24.3 Å². The maximum absolute atomic E-state index is 12.4. The molecular formula is C21H28ClN3O2. The Morgan fingerprint density at radius 1 is 1.19 bits per heavy atom. The maximum atomic E-state index is 12.4. The van der Waals surface area contributed by atoms with Gasteiger partial charge in [0.25, 0.3) is 0 Å². The number of nitrogens with zero attached hydrogens (tertiary/aromatic N) is 2. The van der Waals surface area contributed by atoms with Gasteiger partial charge < -0.3 is 10.2 Å². The first-order chi connectivity index (χ1) is 13.1. The highest BCUT2D eigenvalue weighted by atomic mass is 35.5. The lowest BCUT2D eigenvalue weighted by atomic mass is 9.76. The third-order valence-electron chi connectivity index (χ3n) is 6.27. The Balaban J connectivity index is 1.25. The smallest absolute Gasteiger partial charge is 0.234 e. The molecule has 0 radical (unpaired) electrons. The van der Waals surface area contributed by atoms with Crippen LogP contribution in [0, 0.1) is 11.8 Å². The second-order valence-electron chi connectivity index (χ2n) is 8.29. The molecular weight excluding hydrogens is 362 g/mol. The van der Waals surface area contributed by atoms with Crippen molar-refractivity contribution in [2.45, 2.75) is 38.1 Å². The molecule has 3 fully saturated rings. The summed E-state index contributed by atoms with van der Waals surface area (Å²) in [6, 6.07) is 8.16. The van der Waals surface area contributed by atoms with Gasteiger partial charge in [0.2, 0.25) is 11.8 Å². The Bertz CT molecular complexity index is 693. The zero-order valence-corrected chi connectivity index (χ0v) is 16.5. The normalized spacial score (nSPS) is 28.0. The number of hydrogen-bond acceptors (Lipinski definition) is 3. The van der Waals surface area contributed by atoms with Crippen LogP contribution in [-0.4, -0.2) is 60.4 Å². The monoisotopic (exact) mass is 389 g/mol. The summed E-state index contributed by atoms with van der Waals surface area (Å²) >= 11 is 5.90. The number of amides is 2. The van der Waals surface area contributed by atoms with E-state index in [4.69, 9.17) is 11.6 Å². The second-order valence-corrected chi connectivity index (χ2v) is 8.72. The fraction of sp³-hybridized carbons (Fsp3) is 0.619. The molecule has 146 valence electrons. The van der Waals surface area contributed by atoms with Crippen LogP contribution in [0.2, 0.25) is 5.02 Å². The van der Waals surface area contributed by atoms with Gasteiger partial charge in [0, 0.05) is 43.7 Å². The van der Waals surface area contributed by atoms with Crippen LogP contribution < -0.4 is 5.32 Å². The van der Waals surface area contributed by atoms with E-state index >= 15 is 0 Å². The van der Waals surface area contributed by atoms with E-state index in [-0.39, 0.29) is 5.91 Å². The number of piperidine rings is 3. The summed E-state index contributed by atoms with van der Waals surface area (Å²) in [5, 5.41) is 3.78. The Kier molecular flexibility index (Phi) is 5.69. The van der Waals surface area contributed by atoms with Crippen molar-refractivity contribution in [2.24, 2.45) is 11.8 Å². The van der Waals surface area contributed by atoms with Crippen molar-refractivity contribution in [3.8, 4) is 0 Å². The number of fused-ring (bicyclic) bond motifs is 4. The highest BCUT2D eigenvalue weighted by Crippen LogP contribution is 2.37. The first-order valence-electron chi connectivity index (χ1n) is 10.1. The molecule has 1 aromatic carbocycles. The number of likely N-dealkylation sites (tertiary alicyclic amines) is 1. The predicted octanol–water partition coefficient (Wildman–Crippen LogP) is 2.33. The fourth-order valence-electron chi connectivity index (χ4n) is 5.10. The molecule has 3 saturated heterocycles. The molecule has 0 aliphatic carbocycles. The fourth-order valence-corrected chi connectivity index (χ4v) is 5.22. The molecule has 3 aliphatic heterocycles. The summed E-state index contributed by atoms with van der Waals surface area (Å²) in [6.45, 7) is 3.86. The minimum Gasteiger partial charge on any atom is -0.355 e. The number of hydrogen-bond donors (Lipinski definition) is 1. The van der Waals surface area contributed by atoms with Gasteiger partial charge >= 0.3 is 0 Å². The predicted molar refractivity (Wildman–Crippen MR) is 106 cm³/mol. The lowest BCUT2D eigenvalue weighted by Crippen LogP contribution is -2.61. The van der Waals surface area contributed by atoms with Crippen molar-refractivity contribution in [1.29, 1.82) is 0 Å². The molecule has 3 heterocycles. The molecule has 2 amide bonds. The molecule has 2 bridgehead atoms. The van der Waals surface area contributed by atoms with Crippen LogP contribution in [0.4, 0.5) is 0 Å². The second kappa shape index (κ2) is 8.19. The van der Waals surface area contributed by atoms with Gasteiger partial charge in [-0.05, 0) is 55.2 Å². The Morgan fingerprint density at radius 2 is 2.00 bits per heavy atom. The van der Waals surface area contributed by atoms with Gasteiger partial charge in [0.05, 0.1) is 6.54 Å². The molecule has 0 saturated carbocycles. The molecule has 4 rings (SSSR count). The zero-order valence-electron chi connectivity index (χ0n) is 15.7. The van der Waals surface area contributed by atoms with Gasteiger partial charge in [-0.3, -0.25) is 14.5 Å². The van der Waals surface area contributed by atoms with Crippen molar-refractivity contribution in [3.05, 3.63) is 34.9 Å². The van der Waals surface area contributed by atoms with Gasteiger partial charge in [-0.15, -0.1) is 0 Å². The number of carbonyl (C=O) groups excluding carboxylic acids is 2. The number of carbonyl (C=O) groups is 2. The van der Waals surface area contributed by atoms with Crippen molar-refractivity contribution in [1.82, 2.24) is 15.1 Å². The van der Waals surface area contributed by atoms with Crippen LogP contribution in [0.5, 0.6) is 0 Å². The van der Waals surface area contributed by atoms with Crippen molar-refractivity contribution in [2.75, 3.05) is 32.7 Å². The number of nitrogens with one attached hydrogen (secondary N) is 1. The molecule has 3 atom stereocenters. The minimum absolute atomic E-state index is 0.0977. The molecule has 0 unspecified atom stereocenters. The minimum atomic E-state index is 0.0977. The van der Waals surface area contributed by atoms with Crippen LogP contribution in [0.3, 0.4) is 0 Å².